The topological polar surface area (TPSA) is 12.0 Å². The third-order valence-electron chi connectivity index (χ3n) is 1.52. The SMILES string of the molecule is CNC1CCC[I-]C1. The number of halogens is 1. The molecule has 1 heterocycles. The molecule has 0 radical (unpaired) electrons. The van der Waals surface area contributed by atoms with E-state index in [1.807, 2.05) is 0 Å². The van der Waals surface area contributed by atoms with Crippen LogP contribution in [0.1, 0.15) is 12.8 Å². The Bertz CT molecular complexity index is 59.5. The molecule has 8 heavy (non-hydrogen) atoms. The Morgan fingerprint density at radius 1 is 1.62 bits per heavy atom. The molecular weight excluding hydrogens is 213 g/mol. The maximum atomic E-state index is 3.33. The van der Waals surface area contributed by atoms with Crippen LogP contribution >= 0.6 is 0 Å². The molecule has 50 valence electrons. The van der Waals surface area contributed by atoms with Gasteiger partial charge in [0.05, 0.1) is 0 Å². The van der Waals surface area contributed by atoms with E-state index >= 15 is 0 Å². The number of alkyl halides is 2. The van der Waals surface area contributed by atoms with Crippen molar-refractivity contribution in [3.63, 3.8) is 0 Å². The summed E-state index contributed by atoms with van der Waals surface area (Å²) in [5.41, 5.74) is 0. The van der Waals surface area contributed by atoms with Gasteiger partial charge in [-0.1, -0.05) is 0 Å². The normalized spacial score (nSPS) is 31.4. The minimum atomic E-state index is 0.606. The van der Waals surface area contributed by atoms with Gasteiger partial charge in [-0.25, -0.2) is 0 Å². The molecule has 0 amide bonds. The van der Waals surface area contributed by atoms with E-state index in [0.29, 0.717) is 21.2 Å². The summed E-state index contributed by atoms with van der Waals surface area (Å²) < 4.78 is 3.08. The molecule has 0 aromatic carbocycles. The van der Waals surface area contributed by atoms with Crippen molar-refractivity contribution in [1.29, 1.82) is 0 Å². The molecule has 2 heteroatoms. The zero-order valence-electron chi connectivity index (χ0n) is 5.28. The number of rotatable bonds is 1. The third-order valence-corrected chi connectivity index (χ3v) is 4.74. The fourth-order valence-corrected chi connectivity index (χ4v) is 3.98. The number of hydrogen-bond donors (Lipinski definition) is 1. The first-order valence-electron chi connectivity index (χ1n) is 3.14. The number of nitrogens with one attached hydrogen (secondary N) is 1. The Morgan fingerprint density at radius 2 is 2.50 bits per heavy atom. The molecule has 1 nitrogen and oxygen atoms in total. The molecule has 0 aliphatic carbocycles. The van der Waals surface area contributed by atoms with E-state index < -0.39 is 0 Å². The Labute approximate surface area is 61.5 Å². The number of hydrogen-bond acceptors (Lipinski definition) is 1. The van der Waals surface area contributed by atoms with Crippen LogP contribution in [0.4, 0.5) is 0 Å². The molecule has 1 saturated heterocycles. The molecule has 0 bridgehead atoms. The van der Waals surface area contributed by atoms with Crippen LogP contribution in [0.2, 0.25) is 0 Å². The average Bonchev–Trinajstić information content (AvgIpc) is 1.90. The van der Waals surface area contributed by atoms with Crippen LogP contribution in [0, 0.1) is 0 Å². The van der Waals surface area contributed by atoms with Gasteiger partial charge in [-0.2, -0.15) is 0 Å². The molecule has 1 rings (SSSR count). The molecule has 0 aromatic rings. The van der Waals surface area contributed by atoms with Crippen molar-refractivity contribution in [1.82, 2.24) is 5.32 Å². The van der Waals surface area contributed by atoms with Gasteiger partial charge >= 0.3 is 61.3 Å². The first kappa shape index (κ1) is 6.81. The van der Waals surface area contributed by atoms with Crippen molar-refractivity contribution in [2.24, 2.45) is 0 Å². The van der Waals surface area contributed by atoms with Crippen molar-refractivity contribution >= 4 is 0 Å². The summed E-state index contributed by atoms with van der Waals surface area (Å²) in [5, 5.41) is 3.33. The summed E-state index contributed by atoms with van der Waals surface area (Å²) in [4.78, 5) is 0. The van der Waals surface area contributed by atoms with Gasteiger partial charge in [-0.3, -0.25) is 0 Å². The van der Waals surface area contributed by atoms with E-state index in [1.165, 1.54) is 17.3 Å². The van der Waals surface area contributed by atoms with Crippen LogP contribution in [0.5, 0.6) is 0 Å². The summed E-state index contributed by atoms with van der Waals surface area (Å²) in [6.07, 6.45) is 2.91. The summed E-state index contributed by atoms with van der Waals surface area (Å²) in [6.45, 7) is 0. The van der Waals surface area contributed by atoms with Gasteiger partial charge < -0.3 is 0 Å². The third kappa shape index (κ3) is 1.90. The monoisotopic (exact) mass is 226 g/mol. The van der Waals surface area contributed by atoms with Crippen LogP contribution in [0.15, 0.2) is 0 Å². The molecule has 1 N–H and O–H groups in total. The van der Waals surface area contributed by atoms with Gasteiger partial charge in [-0.05, 0) is 0 Å². The van der Waals surface area contributed by atoms with E-state index in [2.05, 4.69) is 12.4 Å². The summed E-state index contributed by atoms with van der Waals surface area (Å²) >= 11 is 0.606. The Kier molecular flexibility index (Phi) is 3.12. The summed E-state index contributed by atoms with van der Waals surface area (Å²) in [6, 6.07) is 0.886. The van der Waals surface area contributed by atoms with Crippen molar-refractivity contribution in [3.8, 4) is 0 Å². The van der Waals surface area contributed by atoms with E-state index in [1.54, 1.807) is 4.43 Å². The van der Waals surface area contributed by atoms with Crippen LogP contribution in [-0.4, -0.2) is 21.9 Å². The fraction of sp³-hybridized carbons (Fsp3) is 1.00. The van der Waals surface area contributed by atoms with Crippen LogP contribution in [-0.2, 0) is 0 Å². The molecule has 1 unspecified atom stereocenters. The first-order valence-corrected chi connectivity index (χ1v) is 6.19. The van der Waals surface area contributed by atoms with Crippen molar-refractivity contribution < 1.29 is 21.2 Å². The zero-order valence-corrected chi connectivity index (χ0v) is 7.44. The predicted octanol–water partition coefficient (Wildman–Crippen LogP) is -2.54. The quantitative estimate of drug-likeness (QED) is 0.383. The van der Waals surface area contributed by atoms with Crippen LogP contribution < -0.4 is 26.5 Å². The van der Waals surface area contributed by atoms with Crippen molar-refractivity contribution in [3.05, 3.63) is 0 Å². The fourth-order valence-electron chi connectivity index (χ4n) is 0.926. The van der Waals surface area contributed by atoms with Gasteiger partial charge in [0, 0.05) is 0 Å². The van der Waals surface area contributed by atoms with Gasteiger partial charge in [0.15, 0.2) is 0 Å². The predicted molar refractivity (Wildman–Crippen MR) is 31.8 cm³/mol. The van der Waals surface area contributed by atoms with Gasteiger partial charge in [-0.15, -0.1) is 0 Å². The van der Waals surface area contributed by atoms with Crippen LogP contribution in [0.3, 0.4) is 0 Å². The van der Waals surface area contributed by atoms with Gasteiger partial charge in [0.25, 0.3) is 0 Å². The molecule has 1 atom stereocenters. The van der Waals surface area contributed by atoms with E-state index in [4.69, 9.17) is 0 Å². The van der Waals surface area contributed by atoms with E-state index in [-0.39, 0.29) is 0 Å². The second-order valence-electron chi connectivity index (χ2n) is 2.16. The van der Waals surface area contributed by atoms with E-state index in [0.717, 1.165) is 6.04 Å². The molecule has 0 saturated carbocycles. The molecular formula is C6H13IN-. The zero-order chi connectivity index (χ0) is 5.82. The summed E-state index contributed by atoms with van der Waals surface area (Å²) in [5.74, 6) is 0. The Balaban J connectivity index is 2.13. The second-order valence-corrected chi connectivity index (χ2v) is 5.20. The van der Waals surface area contributed by atoms with Crippen LogP contribution in [0.25, 0.3) is 0 Å². The molecule has 0 spiro atoms. The summed E-state index contributed by atoms with van der Waals surface area (Å²) in [7, 11) is 2.08. The molecule has 1 aliphatic rings. The second kappa shape index (κ2) is 3.67. The maximum absolute atomic E-state index is 3.33. The first-order chi connectivity index (χ1) is 3.93. The molecule has 0 aromatic heterocycles. The van der Waals surface area contributed by atoms with Crippen molar-refractivity contribution in [2.75, 3.05) is 15.9 Å². The Hall–Kier alpha value is 0.690. The van der Waals surface area contributed by atoms with Gasteiger partial charge in [0.1, 0.15) is 0 Å². The average molecular weight is 226 g/mol. The Morgan fingerprint density at radius 3 is 2.88 bits per heavy atom. The molecule has 1 fully saturated rings. The molecule has 1 aliphatic heterocycles. The van der Waals surface area contributed by atoms with Crippen molar-refractivity contribution in [2.45, 2.75) is 18.9 Å². The van der Waals surface area contributed by atoms with E-state index in [9.17, 15) is 0 Å². The van der Waals surface area contributed by atoms with Gasteiger partial charge in [0.2, 0.25) is 0 Å². The minimum absolute atomic E-state index is 0.606. The standard InChI is InChI=1S/C6H13IN/c1-8-6-3-2-4-7-5-6/h6,8H,2-5H2,1H3/q-1.